The summed E-state index contributed by atoms with van der Waals surface area (Å²) in [6.07, 6.45) is 1.94. The van der Waals surface area contributed by atoms with Gasteiger partial charge in [-0.2, -0.15) is 5.10 Å². The summed E-state index contributed by atoms with van der Waals surface area (Å²) < 4.78 is 15.6. The molecule has 0 N–H and O–H groups in total. The molecule has 80 valence electrons. The second-order valence-electron chi connectivity index (χ2n) is 4.07. The highest BCUT2D eigenvalue weighted by Gasteiger charge is 2.06. The summed E-state index contributed by atoms with van der Waals surface area (Å²) in [6, 6.07) is 3.21. The zero-order valence-corrected chi connectivity index (χ0v) is 10.3. The molecule has 0 saturated carbocycles. The summed E-state index contributed by atoms with van der Waals surface area (Å²) in [7, 11) is 0. The molecule has 2 aromatic rings. The molecule has 0 saturated heterocycles. The van der Waals surface area contributed by atoms with Crippen LogP contribution in [0, 0.1) is 11.7 Å². The van der Waals surface area contributed by atoms with Crippen molar-refractivity contribution in [1.82, 2.24) is 9.78 Å². The molecular formula is C11H12BrFN2. The molecule has 15 heavy (non-hydrogen) atoms. The van der Waals surface area contributed by atoms with Gasteiger partial charge in [-0.25, -0.2) is 4.39 Å². The quantitative estimate of drug-likeness (QED) is 0.816. The number of hydrogen-bond acceptors (Lipinski definition) is 1. The molecule has 2 nitrogen and oxygen atoms in total. The first-order valence-corrected chi connectivity index (χ1v) is 5.68. The number of aromatic nitrogens is 2. The normalized spacial score (nSPS) is 11.5. The van der Waals surface area contributed by atoms with Crippen molar-refractivity contribution in [2.45, 2.75) is 20.4 Å². The van der Waals surface area contributed by atoms with Gasteiger partial charge in [0.15, 0.2) is 0 Å². The highest BCUT2D eigenvalue weighted by atomic mass is 79.9. The number of fused-ring (bicyclic) bond motifs is 1. The molecule has 1 heterocycles. The summed E-state index contributed by atoms with van der Waals surface area (Å²) in [5.41, 5.74) is 0.705. The van der Waals surface area contributed by atoms with Crippen LogP contribution in [0.4, 0.5) is 4.39 Å². The van der Waals surface area contributed by atoms with Crippen molar-refractivity contribution in [3.8, 4) is 0 Å². The maximum Gasteiger partial charge on any atom is 0.139 e. The Morgan fingerprint density at radius 1 is 1.47 bits per heavy atom. The van der Waals surface area contributed by atoms with Crippen LogP contribution in [0.25, 0.3) is 10.9 Å². The van der Waals surface area contributed by atoms with Gasteiger partial charge in [-0.3, -0.25) is 4.68 Å². The van der Waals surface area contributed by atoms with Crippen molar-refractivity contribution in [2.75, 3.05) is 0 Å². The van der Waals surface area contributed by atoms with Crippen molar-refractivity contribution >= 4 is 26.8 Å². The molecule has 1 aromatic carbocycles. The highest BCUT2D eigenvalue weighted by molar-refractivity contribution is 9.10. The minimum Gasteiger partial charge on any atom is -0.271 e. The van der Waals surface area contributed by atoms with Gasteiger partial charge in [0.1, 0.15) is 5.82 Å². The maximum absolute atomic E-state index is 13.2. The molecule has 0 aliphatic heterocycles. The lowest BCUT2D eigenvalue weighted by Gasteiger charge is -2.02. The third-order valence-corrected chi connectivity index (χ3v) is 2.75. The monoisotopic (exact) mass is 270 g/mol. The lowest BCUT2D eigenvalue weighted by molar-refractivity contribution is 0.486. The van der Waals surface area contributed by atoms with Gasteiger partial charge in [0.2, 0.25) is 0 Å². The Labute approximate surface area is 96.2 Å². The van der Waals surface area contributed by atoms with E-state index in [-0.39, 0.29) is 5.82 Å². The van der Waals surface area contributed by atoms with E-state index in [2.05, 4.69) is 34.9 Å². The maximum atomic E-state index is 13.2. The molecule has 0 radical (unpaired) electrons. The van der Waals surface area contributed by atoms with E-state index >= 15 is 0 Å². The van der Waals surface area contributed by atoms with Crippen LogP contribution in [0.5, 0.6) is 0 Å². The fourth-order valence-corrected chi connectivity index (χ4v) is 1.90. The molecule has 0 aliphatic carbocycles. The van der Waals surface area contributed by atoms with Crippen molar-refractivity contribution in [2.24, 2.45) is 5.92 Å². The molecule has 0 unspecified atom stereocenters. The van der Waals surface area contributed by atoms with Gasteiger partial charge >= 0.3 is 0 Å². The Hall–Kier alpha value is -0.900. The van der Waals surface area contributed by atoms with Crippen LogP contribution in [0.1, 0.15) is 13.8 Å². The van der Waals surface area contributed by atoms with E-state index in [1.54, 1.807) is 6.07 Å². The van der Waals surface area contributed by atoms with E-state index in [1.165, 1.54) is 6.07 Å². The number of benzene rings is 1. The Balaban J connectivity index is 2.47. The second-order valence-corrected chi connectivity index (χ2v) is 4.92. The van der Waals surface area contributed by atoms with E-state index < -0.39 is 0 Å². The molecule has 0 bridgehead atoms. The predicted octanol–water partition coefficient (Wildman–Crippen LogP) is 3.59. The Bertz CT molecular complexity index is 452. The average molecular weight is 271 g/mol. The lowest BCUT2D eigenvalue weighted by Crippen LogP contribution is -2.04. The van der Waals surface area contributed by atoms with Gasteiger partial charge < -0.3 is 0 Å². The number of rotatable bonds is 2. The van der Waals surface area contributed by atoms with Crippen LogP contribution in [-0.4, -0.2) is 9.78 Å². The summed E-state index contributed by atoms with van der Waals surface area (Å²) in [5, 5.41) is 5.27. The first-order chi connectivity index (χ1) is 7.06. The summed E-state index contributed by atoms with van der Waals surface area (Å²) in [6.45, 7) is 5.11. The fourth-order valence-electron chi connectivity index (χ4n) is 1.54. The third-order valence-electron chi connectivity index (χ3n) is 2.15. The van der Waals surface area contributed by atoms with Gasteiger partial charge in [0.25, 0.3) is 0 Å². The molecule has 1 aromatic heterocycles. The first kappa shape index (κ1) is 10.6. The van der Waals surface area contributed by atoms with Gasteiger partial charge in [-0.1, -0.05) is 13.8 Å². The van der Waals surface area contributed by atoms with E-state index in [0.29, 0.717) is 15.9 Å². The SMILES string of the molecule is CC(C)Cn1cc2cc(Br)c(F)cc2n1. The van der Waals surface area contributed by atoms with Gasteiger partial charge in [0, 0.05) is 24.2 Å². The van der Waals surface area contributed by atoms with Gasteiger partial charge in [0.05, 0.1) is 9.99 Å². The molecule has 2 rings (SSSR count). The van der Waals surface area contributed by atoms with E-state index in [1.807, 2.05) is 10.9 Å². The minimum atomic E-state index is -0.266. The van der Waals surface area contributed by atoms with Crippen molar-refractivity contribution in [3.05, 3.63) is 28.6 Å². The van der Waals surface area contributed by atoms with Crippen LogP contribution in [0.3, 0.4) is 0 Å². The Kier molecular flexibility index (Phi) is 2.78. The summed E-state index contributed by atoms with van der Waals surface area (Å²) in [4.78, 5) is 0. The first-order valence-electron chi connectivity index (χ1n) is 4.88. The van der Waals surface area contributed by atoms with Crippen molar-refractivity contribution in [1.29, 1.82) is 0 Å². The topological polar surface area (TPSA) is 17.8 Å². The predicted molar refractivity (Wildman–Crippen MR) is 62.2 cm³/mol. The van der Waals surface area contributed by atoms with E-state index in [4.69, 9.17) is 0 Å². The van der Waals surface area contributed by atoms with Gasteiger partial charge in [-0.15, -0.1) is 0 Å². The van der Waals surface area contributed by atoms with E-state index in [0.717, 1.165) is 11.9 Å². The molecule has 0 amide bonds. The highest BCUT2D eigenvalue weighted by Crippen LogP contribution is 2.22. The number of nitrogens with zero attached hydrogens (tertiary/aromatic N) is 2. The second kappa shape index (κ2) is 3.93. The minimum absolute atomic E-state index is 0.266. The number of halogens is 2. The largest absolute Gasteiger partial charge is 0.271 e. The van der Waals surface area contributed by atoms with Crippen LogP contribution in [-0.2, 0) is 6.54 Å². The zero-order valence-electron chi connectivity index (χ0n) is 8.67. The van der Waals surface area contributed by atoms with Crippen LogP contribution in [0.2, 0.25) is 0 Å². The van der Waals surface area contributed by atoms with Crippen LogP contribution in [0.15, 0.2) is 22.8 Å². The molecular weight excluding hydrogens is 259 g/mol. The molecule has 0 aliphatic rings. The Morgan fingerprint density at radius 2 is 2.20 bits per heavy atom. The van der Waals surface area contributed by atoms with Crippen LogP contribution >= 0.6 is 15.9 Å². The molecule has 4 heteroatoms. The smallest absolute Gasteiger partial charge is 0.139 e. The lowest BCUT2D eigenvalue weighted by atomic mass is 10.2. The van der Waals surface area contributed by atoms with Gasteiger partial charge in [-0.05, 0) is 27.9 Å². The van der Waals surface area contributed by atoms with E-state index in [9.17, 15) is 4.39 Å². The zero-order chi connectivity index (χ0) is 11.0. The number of hydrogen-bond donors (Lipinski definition) is 0. The standard InChI is InChI=1S/C11H12BrFN2/c1-7(2)5-15-6-8-3-9(12)10(13)4-11(8)14-15/h3-4,6-7H,5H2,1-2H3. The Morgan fingerprint density at radius 3 is 2.87 bits per heavy atom. The third kappa shape index (κ3) is 2.20. The molecule has 0 fully saturated rings. The summed E-state index contributed by atoms with van der Waals surface area (Å²) >= 11 is 3.16. The van der Waals surface area contributed by atoms with Crippen LogP contribution < -0.4 is 0 Å². The van der Waals surface area contributed by atoms with Crippen molar-refractivity contribution in [3.63, 3.8) is 0 Å². The molecule has 0 atom stereocenters. The molecule has 0 spiro atoms. The fraction of sp³-hybridized carbons (Fsp3) is 0.364. The average Bonchev–Trinajstić information content (AvgIpc) is 2.46. The van der Waals surface area contributed by atoms with Crippen molar-refractivity contribution < 1.29 is 4.39 Å². The summed E-state index contributed by atoms with van der Waals surface area (Å²) in [5.74, 6) is 0.268.